The number of halogens is 1. The zero-order valence-electron chi connectivity index (χ0n) is 38.4. The summed E-state index contributed by atoms with van der Waals surface area (Å²) in [6.45, 7) is 17.9. The van der Waals surface area contributed by atoms with E-state index in [-0.39, 0.29) is 68.2 Å². The Morgan fingerprint density at radius 1 is 0.969 bits per heavy atom. The summed E-state index contributed by atoms with van der Waals surface area (Å²) >= 11 is 6.24. The lowest BCUT2D eigenvalue weighted by atomic mass is 9.49. The van der Waals surface area contributed by atoms with Crippen molar-refractivity contribution < 1.29 is 33.8 Å². The average Bonchev–Trinajstić information content (AvgIpc) is 3.68. The monoisotopic (exact) mass is 908 g/mol. The minimum Gasteiger partial charge on any atom is -0.489 e. The number of aliphatic hydroxyl groups excluding tert-OH is 1. The zero-order chi connectivity index (χ0) is 47.3. The molecule has 3 aliphatic rings. The Hall–Kier alpha value is -5.58. The standard InChI is InChI=1S/C49H61ClN8O7/c1-47(2,3)38(44(63)58-29-35(59)23-40(58)43(62)54-27-32-10-8-31(25-51)9-11-32)22-36(60)30-64-21-20-56-16-18-57(19-17-56)41-15-13-34(28-53-41)42(61)55-45-48(4,5)46(49(45,6)7)65-37-14-12-33(26-52)39(50)24-37/h8-15,24,28,35,38,40,45-46,59H,16-23,27,29-30H2,1-7H3,(H,54,62)(H,55,61)/t35-,38-,40+,45?,46?/m1/s1. The number of pyridine rings is 1. The SMILES string of the molecule is CC1(C)C(NC(=O)c2ccc(N3CCN(CCOCC(=O)C[C@H](C(=O)N4C[C@H](O)C[C@H]4C(=O)NCc4ccc(C#N)cc4)C(C)(C)C)CC3)nc2)C(C)(C)C1Oc1ccc(C#N)c(Cl)c1. The van der Waals surface area contributed by atoms with Crippen molar-refractivity contribution in [2.75, 3.05) is 57.4 Å². The first-order chi connectivity index (χ1) is 30.7. The van der Waals surface area contributed by atoms with Gasteiger partial charge in [-0.05, 0) is 47.4 Å². The van der Waals surface area contributed by atoms with Crippen molar-refractivity contribution in [1.82, 2.24) is 25.4 Å². The summed E-state index contributed by atoms with van der Waals surface area (Å²) in [6.07, 6.45) is 0.579. The molecule has 0 unspecified atom stereocenters. The highest BCUT2D eigenvalue weighted by Gasteiger charge is 2.64. The Labute approximate surface area is 387 Å². The zero-order valence-corrected chi connectivity index (χ0v) is 39.2. The molecule has 3 atom stereocenters. The molecule has 65 heavy (non-hydrogen) atoms. The van der Waals surface area contributed by atoms with E-state index >= 15 is 0 Å². The molecule has 6 rings (SSSR count). The van der Waals surface area contributed by atoms with Crippen LogP contribution in [0.1, 0.15) is 88.4 Å². The number of carbonyl (C=O) groups excluding carboxylic acids is 4. The number of rotatable bonds is 16. The number of ketones is 1. The summed E-state index contributed by atoms with van der Waals surface area (Å²) in [7, 11) is 0. The molecule has 0 spiro atoms. The number of ether oxygens (including phenoxy) is 2. The van der Waals surface area contributed by atoms with Crippen LogP contribution in [0.3, 0.4) is 0 Å². The van der Waals surface area contributed by atoms with Crippen LogP contribution in [0, 0.1) is 44.8 Å². The van der Waals surface area contributed by atoms with Crippen LogP contribution in [-0.4, -0.2) is 120 Å². The van der Waals surface area contributed by atoms with Crippen LogP contribution >= 0.6 is 11.6 Å². The second kappa shape index (κ2) is 20.3. The van der Waals surface area contributed by atoms with E-state index in [2.05, 4.69) is 65.3 Å². The fourth-order valence-corrected chi connectivity index (χ4v) is 9.87. The van der Waals surface area contributed by atoms with Crippen molar-refractivity contribution in [2.24, 2.45) is 22.2 Å². The van der Waals surface area contributed by atoms with Crippen LogP contribution in [-0.2, 0) is 25.7 Å². The maximum atomic E-state index is 14.0. The maximum Gasteiger partial charge on any atom is 0.253 e. The number of Topliss-reactive ketones (excluding diaryl/α,β-unsaturated/α-hetero) is 1. The number of amides is 3. The molecule has 3 aromatic rings. The molecule has 1 aliphatic carbocycles. The van der Waals surface area contributed by atoms with E-state index in [4.69, 9.17) is 26.3 Å². The first kappa shape index (κ1) is 48.9. The predicted octanol–water partition coefficient (Wildman–Crippen LogP) is 5.13. The first-order valence-corrected chi connectivity index (χ1v) is 22.6. The van der Waals surface area contributed by atoms with Crippen molar-refractivity contribution >= 4 is 40.9 Å². The van der Waals surface area contributed by atoms with Crippen LogP contribution in [0.5, 0.6) is 5.75 Å². The number of aromatic nitrogens is 1. The number of aliphatic hydroxyl groups is 1. The lowest BCUT2D eigenvalue weighted by molar-refractivity contribution is -0.164. The van der Waals surface area contributed by atoms with E-state index in [9.17, 15) is 29.5 Å². The van der Waals surface area contributed by atoms with E-state index in [0.717, 1.165) is 37.6 Å². The molecule has 2 aromatic carbocycles. The molecule has 1 saturated carbocycles. The number of benzene rings is 2. The van der Waals surface area contributed by atoms with Crippen molar-refractivity contribution in [3.05, 3.63) is 88.1 Å². The molecule has 2 saturated heterocycles. The number of nitrogens with one attached hydrogen (secondary N) is 2. The van der Waals surface area contributed by atoms with Gasteiger partial charge in [0.2, 0.25) is 11.8 Å². The first-order valence-electron chi connectivity index (χ1n) is 22.2. The number of nitriles is 2. The second-order valence-electron chi connectivity index (χ2n) is 19.7. The van der Waals surface area contributed by atoms with Gasteiger partial charge >= 0.3 is 0 Å². The van der Waals surface area contributed by atoms with Crippen LogP contribution in [0.2, 0.25) is 5.02 Å². The Morgan fingerprint density at radius 3 is 2.26 bits per heavy atom. The van der Waals surface area contributed by atoms with E-state index in [1.807, 2.05) is 26.8 Å². The van der Waals surface area contributed by atoms with Gasteiger partial charge in [0.15, 0.2) is 5.78 Å². The highest BCUT2D eigenvalue weighted by atomic mass is 35.5. The van der Waals surface area contributed by atoms with E-state index in [0.29, 0.717) is 40.6 Å². The highest BCUT2D eigenvalue weighted by molar-refractivity contribution is 6.31. The van der Waals surface area contributed by atoms with E-state index in [1.165, 1.54) is 4.90 Å². The third kappa shape index (κ3) is 11.5. The molecule has 16 heteroatoms. The maximum absolute atomic E-state index is 14.0. The third-order valence-electron chi connectivity index (χ3n) is 13.1. The number of nitrogens with zero attached hydrogens (tertiary/aromatic N) is 6. The van der Waals surface area contributed by atoms with Gasteiger partial charge in [-0.25, -0.2) is 4.98 Å². The summed E-state index contributed by atoms with van der Waals surface area (Å²) in [4.78, 5) is 64.4. The fraction of sp³-hybridized carbons (Fsp3) is 0.531. The summed E-state index contributed by atoms with van der Waals surface area (Å²) in [5.74, 6) is -0.522. The molecule has 0 radical (unpaired) electrons. The fourth-order valence-electron chi connectivity index (χ4n) is 9.66. The lowest BCUT2D eigenvalue weighted by Crippen LogP contribution is -2.74. The smallest absolute Gasteiger partial charge is 0.253 e. The van der Waals surface area contributed by atoms with Crippen molar-refractivity contribution in [2.45, 2.75) is 92.1 Å². The van der Waals surface area contributed by atoms with Gasteiger partial charge in [0.25, 0.3) is 5.91 Å². The second-order valence-corrected chi connectivity index (χ2v) is 20.1. The lowest BCUT2D eigenvalue weighted by Gasteiger charge is -2.63. The molecule has 3 amide bonds. The number of hydrogen-bond acceptors (Lipinski definition) is 12. The molecule has 1 aromatic heterocycles. The van der Waals surface area contributed by atoms with Gasteiger partial charge in [-0.1, -0.05) is 72.2 Å². The van der Waals surface area contributed by atoms with Gasteiger partial charge in [-0.2, -0.15) is 10.5 Å². The molecule has 2 aliphatic heterocycles. The molecule has 3 N–H and O–H groups in total. The van der Waals surface area contributed by atoms with Gasteiger partial charge in [0.1, 0.15) is 36.4 Å². The molecule has 346 valence electrons. The predicted molar refractivity (Wildman–Crippen MR) is 245 cm³/mol. The van der Waals surface area contributed by atoms with Crippen molar-refractivity contribution in [3.63, 3.8) is 0 Å². The number of hydrogen-bond donors (Lipinski definition) is 3. The quantitative estimate of drug-likeness (QED) is 0.160. The number of anilines is 1. The molecule has 3 heterocycles. The van der Waals surface area contributed by atoms with E-state index in [1.54, 1.807) is 54.7 Å². The minimum atomic E-state index is -0.868. The van der Waals surface area contributed by atoms with Gasteiger partial charge < -0.3 is 35.0 Å². The van der Waals surface area contributed by atoms with Crippen LogP contribution in [0.4, 0.5) is 5.82 Å². The Balaban J connectivity index is 0.917. The number of carbonyl (C=O) groups is 4. The topological polar surface area (TPSA) is 201 Å². The van der Waals surface area contributed by atoms with Gasteiger partial charge in [-0.3, -0.25) is 24.1 Å². The minimum absolute atomic E-state index is 0.00673. The number of likely N-dealkylation sites (tertiary alicyclic amines) is 1. The van der Waals surface area contributed by atoms with Crippen molar-refractivity contribution in [3.8, 4) is 17.9 Å². The van der Waals surface area contributed by atoms with Crippen LogP contribution < -0.4 is 20.3 Å². The highest BCUT2D eigenvalue weighted by Crippen LogP contribution is 2.55. The van der Waals surface area contributed by atoms with Gasteiger partial charge in [0.05, 0.1) is 40.5 Å². The summed E-state index contributed by atoms with van der Waals surface area (Å²) < 4.78 is 12.2. The van der Waals surface area contributed by atoms with Crippen molar-refractivity contribution in [1.29, 1.82) is 10.5 Å². The van der Waals surface area contributed by atoms with Gasteiger partial charge in [-0.15, -0.1) is 0 Å². The van der Waals surface area contributed by atoms with Crippen LogP contribution in [0.15, 0.2) is 60.8 Å². The largest absolute Gasteiger partial charge is 0.489 e. The summed E-state index contributed by atoms with van der Waals surface area (Å²) in [5.41, 5.74) is 0.763. The molecule has 15 nitrogen and oxygen atoms in total. The molecule has 3 fully saturated rings. The summed E-state index contributed by atoms with van der Waals surface area (Å²) in [5, 5.41) is 35.2. The van der Waals surface area contributed by atoms with Crippen LogP contribution in [0.25, 0.3) is 0 Å². The normalized spacial score (nSPS) is 21.9. The average molecular weight is 910 g/mol. The Morgan fingerprint density at radius 2 is 1.66 bits per heavy atom. The molecule has 0 bridgehead atoms. The number of piperazine rings is 1. The number of β-amino-alcohol motifs (C(OH)–C–C–N with tert-alkyl or cyclic N) is 1. The third-order valence-corrected chi connectivity index (χ3v) is 13.5. The molecular formula is C49H61ClN8O7. The van der Waals surface area contributed by atoms with Gasteiger partial charge in [0, 0.05) is 93.7 Å². The molecular weight excluding hydrogens is 848 g/mol. The Bertz CT molecular complexity index is 2280. The van der Waals surface area contributed by atoms with E-state index < -0.39 is 34.3 Å². The Kier molecular flexibility index (Phi) is 15.3. The summed E-state index contributed by atoms with van der Waals surface area (Å²) in [6, 6.07) is 18.6.